The van der Waals surface area contributed by atoms with Crippen molar-refractivity contribution in [1.29, 1.82) is 0 Å². The molecule has 0 bridgehead atoms. The lowest BCUT2D eigenvalue weighted by Gasteiger charge is -2.33. The molecule has 2 aromatic heterocycles. The van der Waals surface area contributed by atoms with Gasteiger partial charge in [0.25, 0.3) is 0 Å². The lowest BCUT2D eigenvalue weighted by Crippen LogP contribution is -2.43. The van der Waals surface area contributed by atoms with Gasteiger partial charge in [-0.3, -0.25) is 14.8 Å². The van der Waals surface area contributed by atoms with Gasteiger partial charge < -0.3 is 9.64 Å². The van der Waals surface area contributed by atoms with Crippen molar-refractivity contribution in [3.63, 3.8) is 0 Å². The van der Waals surface area contributed by atoms with Crippen LogP contribution in [0, 0.1) is 5.92 Å². The number of nitrogens with zero attached hydrogens (tertiary/aromatic N) is 3. The summed E-state index contributed by atoms with van der Waals surface area (Å²) in [5.41, 5.74) is 2.85. The fourth-order valence-electron chi connectivity index (χ4n) is 3.58. The highest BCUT2D eigenvalue weighted by molar-refractivity contribution is 5.82. The summed E-state index contributed by atoms with van der Waals surface area (Å²) in [4.78, 5) is 23.1. The summed E-state index contributed by atoms with van der Waals surface area (Å²) < 4.78 is 6.09. The molecule has 3 heterocycles. The first-order valence-corrected chi connectivity index (χ1v) is 9.87. The Balaban J connectivity index is 1.39. The zero-order chi connectivity index (χ0) is 19.5. The van der Waals surface area contributed by atoms with Gasteiger partial charge >= 0.3 is 0 Å². The Morgan fingerprint density at radius 1 is 1.07 bits per heavy atom. The first-order chi connectivity index (χ1) is 13.6. The third-order valence-corrected chi connectivity index (χ3v) is 5.17. The number of carbonyl (C=O) groups is 1. The number of piperidine rings is 1. The Bertz CT molecular complexity index is 961. The Labute approximate surface area is 165 Å². The monoisotopic (exact) mass is 375 g/mol. The molecule has 5 nitrogen and oxygen atoms in total. The summed E-state index contributed by atoms with van der Waals surface area (Å²) in [6.45, 7) is 5.41. The molecule has 1 saturated heterocycles. The maximum Gasteiger partial charge on any atom is 0.225 e. The zero-order valence-corrected chi connectivity index (χ0v) is 16.3. The van der Waals surface area contributed by atoms with Gasteiger partial charge in [-0.25, -0.2) is 0 Å². The highest BCUT2D eigenvalue weighted by Crippen LogP contribution is 2.24. The molecular formula is C23H25N3O2. The quantitative estimate of drug-likeness (QED) is 0.681. The number of rotatable bonds is 4. The van der Waals surface area contributed by atoms with Crippen LogP contribution in [0.2, 0.25) is 0 Å². The van der Waals surface area contributed by atoms with Gasteiger partial charge in [-0.15, -0.1) is 0 Å². The molecule has 1 aromatic carbocycles. The highest BCUT2D eigenvalue weighted by Gasteiger charge is 2.25. The Morgan fingerprint density at radius 2 is 1.86 bits per heavy atom. The number of fused-ring (bicyclic) bond motifs is 1. The van der Waals surface area contributed by atoms with Crippen LogP contribution in [0.4, 0.5) is 0 Å². The summed E-state index contributed by atoms with van der Waals surface area (Å²) in [7, 11) is 0. The second kappa shape index (κ2) is 7.97. The van der Waals surface area contributed by atoms with Crippen molar-refractivity contribution in [2.45, 2.75) is 32.8 Å². The predicted molar refractivity (Wildman–Crippen MR) is 110 cm³/mol. The van der Waals surface area contributed by atoms with Crippen LogP contribution in [0.25, 0.3) is 22.2 Å². The number of hydrogen-bond donors (Lipinski definition) is 0. The predicted octanol–water partition coefficient (Wildman–Crippen LogP) is 4.32. The first kappa shape index (κ1) is 18.4. The van der Waals surface area contributed by atoms with Gasteiger partial charge in [-0.1, -0.05) is 32.0 Å². The summed E-state index contributed by atoms with van der Waals surface area (Å²) in [5, 5.41) is 1.10. The van der Waals surface area contributed by atoms with E-state index in [0.717, 1.165) is 53.8 Å². The smallest absolute Gasteiger partial charge is 0.225 e. The van der Waals surface area contributed by atoms with Gasteiger partial charge in [-0.2, -0.15) is 0 Å². The highest BCUT2D eigenvalue weighted by atomic mass is 16.5. The van der Waals surface area contributed by atoms with E-state index in [-0.39, 0.29) is 17.9 Å². The molecule has 0 spiro atoms. The van der Waals surface area contributed by atoms with Crippen molar-refractivity contribution < 1.29 is 9.53 Å². The van der Waals surface area contributed by atoms with Gasteiger partial charge in [0.1, 0.15) is 11.9 Å². The number of benzene rings is 1. The lowest BCUT2D eigenvalue weighted by molar-refractivity contribution is -0.136. The fraction of sp³-hybridized carbons (Fsp3) is 0.348. The van der Waals surface area contributed by atoms with E-state index in [1.54, 1.807) is 6.20 Å². The minimum Gasteiger partial charge on any atom is -0.489 e. The van der Waals surface area contributed by atoms with Crippen LogP contribution in [0.15, 0.2) is 54.9 Å². The second-order valence-corrected chi connectivity index (χ2v) is 7.59. The normalized spacial score (nSPS) is 15.2. The molecule has 28 heavy (non-hydrogen) atoms. The number of pyridine rings is 2. The molecule has 5 heteroatoms. The maximum atomic E-state index is 12.1. The minimum atomic E-state index is 0.0545. The van der Waals surface area contributed by atoms with Crippen molar-refractivity contribution in [3.05, 3.63) is 54.9 Å². The summed E-state index contributed by atoms with van der Waals surface area (Å²) >= 11 is 0. The van der Waals surface area contributed by atoms with E-state index in [1.807, 2.05) is 55.3 Å². The number of carbonyl (C=O) groups excluding carboxylic acids is 1. The third-order valence-electron chi connectivity index (χ3n) is 5.17. The number of para-hydroxylation sites is 1. The lowest BCUT2D eigenvalue weighted by atomic mass is 10.1. The van der Waals surface area contributed by atoms with Gasteiger partial charge in [0.05, 0.1) is 17.4 Å². The van der Waals surface area contributed by atoms with Gasteiger partial charge in [0, 0.05) is 49.0 Å². The molecule has 0 N–H and O–H groups in total. The molecule has 144 valence electrons. The molecule has 4 rings (SSSR count). The number of likely N-dealkylation sites (tertiary alicyclic amines) is 1. The second-order valence-electron chi connectivity index (χ2n) is 7.59. The largest absolute Gasteiger partial charge is 0.489 e. The molecule has 0 radical (unpaired) electrons. The zero-order valence-electron chi connectivity index (χ0n) is 16.3. The summed E-state index contributed by atoms with van der Waals surface area (Å²) in [6, 6.07) is 14.1. The van der Waals surface area contributed by atoms with Crippen LogP contribution in [0.3, 0.4) is 0 Å². The number of aromatic nitrogens is 2. The molecule has 1 aliphatic rings. The van der Waals surface area contributed by atoms with E-state index < -0.39 is 0 Å². The minimum absolute atomic E-state index is 0.0545. The van der Waals surface area contributed by atoms with E-state index >= 15 is 0 Å². The van der Waals surface area contributed by atoms with Crippen LogP contribution in [-0.2, 0) is 4.79 Å². The third kappa shape index (κ3) is 3.98. The summed E-state index contributed by atoms with van der Waals surface area (Å²) in [5.74, 6) is 1.05. The Morgan fingerprint density at radius 3 is 2.57 bits per heavy atom. The summed E-state index contributed by atoms with van der Waals surface area (Å²) in [6.07, 6.45) is 5.47. The Kier molecular flexibility index (Phi) is 5.24. The van der Waals surface area contributed by atoms with Gasteiger partial charge in [0.15, 0.2) is 0 Å². The molecule has 1 amide bonds. The number of amides is 1. The molecule has 1 fully saturated rings. The van der Waals surface area contributed by atoms with Crippen molar-refractivity contribution in [1.82, 2.24) is 14.9 Å². The van der Waals surface area contributed by atoms with Crippen LogP contribution >= 0.6 is 0 Å². The van der Waals surface area contributed by atoms with Crippen LogP contribution in [-0.4, -0.2) is 40.0 Å². The van der Waals surface area contributed by atoms with E-state index in [1.165, 1.54) is 0 Å². The van der Waals surface area contributed by atoms with Crippen LogP contribution < -0.4 is 4.74 Å². The number of ether oxygens (including phenoxy) is 1. The van der Waals surface area contributed by atoms with E-state index in [9.17, 15) is 4.79 Å². The standard InChI is InChI=1S/C23H25N3O2/c1-16(2)23(27)26-11-9-19(10-12-26)28-20-7-8-22(25-15-20)18-13-17-5-3-4-6-21(17)24-14-18/h3-8,13-16,19H,9-12H2,1-2H3. The SMILES string of the molecule is CC(C)C(=O)N1CCC(Oc2ccc(-c3cnc4ccccc4c3)nc2)CC1. The molecule has 0 aliphatic carbocycles. The topological polar surface area (TPSA) is 55.3 Å². The van der Waals surface area contributed by atoms with Crippen molar-refractivity contribution in [3.8, 4) is 17.0 Å². The maximum absolute atomic E-state index is 12.1. The first-order valence-electron chi connectivity index (χ1n) is 9.87. The average Bonchev–Trinajstić information content (AvgIpc) is 2.74. The molecule has 1 aliphatic heterocycles. The van der Waals surface area contributed by atoms with Crippen molar-refractivity contribution in [2.75, 3.05) is 13.1 Å². The fourth-order valence-corrected chi connectivity index (χ4v) is 3.58. The molecular weight excluding hydrogens is 350 g/mol. The molecule has 3 aromatic rings. The van der Waals surface area contributed by atoms with Gasteiger partial charge in [0.2, 0.25) is 5.91 Å². The molecule has 0 atom stereocenters. The van der Waals surface area contributed by atoms with Crippen molar-refractivity contribution >= 4 is 16.8 Å². The molecule has 0 saturated carbocycles. The van der Waals surface area contributed by atoms with Crippen molar-refractivity contribution in [2.24, 2.45) is 5.92 Å². The van der Waals surface area contributed by atoms with Gasteiger partial charge in [-0.05, 0) is 24.3 Å². The Hall–Kier alpha value is -2.95. The van der Waals surface area contributed by atoms with Crippen LogP contribution in [0.5, 0.6) is 5.75 Å². The average molecular weight is 375 g/mol. The van der Waals surface area contributed by atoms with Crippen LogP contribution in [0.1, 0.15) is 26.7 Å². The number of hydrogen-bond acceptors (Lipinski definition) is 4. The van der Waals surface area contributed by atoms with E-state index in [4.69, 9.17) is 4.74 Å². The van der Waals surface area contributed by atoms with E-state index in [2.05, 4.69) is 22.1 Å². The molecule has 0 unspecified atom stereocenters. The van der Waals surface area contributed by atoms with E-state index in [0.29, 0.717) is 0 Å².